The Bertz CT molecular complexity index is 413. The van der Waals surface area contributed by atoms with Gasteiger partial charge in [-0.05, 0) is 18.0 Å². The van der Waals surface area contributed by atoms with Crippen molar-refractivity contribution < 1.29 is 4.92 Å². The Morgan fingerprint density at radius 1 is 1.50 bits per heavy atom. The van der Waals surface area contributed by atoms with Gasteiger partial charge in [-0.1, -0.05) is 27.7 Å². The van der Waals surface area contributed by atoms with Crippen LogP contribution in [-0.4, -0.2) is 22.5 Å². The number of rotatable bonds is 5. The molecule has 1 rings (SSSR count). The number of nitro groups is 1. The molecule has 1 N–H and O–H groups in total. The van der Waals surface area contributed by atoms with Gasteiger partial charge in [0.15, 0.2) is 0 Å². The van der Waals surface area contributed by atoms with E-state index in [1.807, 2.05) is 6.92 Å². The topological polar surface area (TPSA) is 68.1 Å². The maximum Gasteiger partial charge on any atom is 0.290 e. The summed E-state index contributed by atoms with van der Waals surface area (Å²) in [4.78, 5) is 14.7. The first-order chi connectivity index (χ1) is 8.36. The number of hydrogen-bond donors (Lipinski definition) is 1. The molecule has 1 aromatic rings. The Kier molecular flexibility index (Phi) is 4.78. The lowest BCUT2D eigenvalue weighted by atomic mass is 9.83. The summed E-state index contributed by atoms with van der Waals surface area (Å²) in [6.07, 6.45) is 2.17. The summed E-state index contributed by atoms with van der Waals surface area (Å²) in [6.45, 7) is 9.23. The van der Waals surface area contributed by atoms with E-state index in [1.54, 1.807) is 12.3 Å². The van der Waals surface area contributed by atoms with Crippen LogP contribution in [-0.2, 0) is 6.42 Å². The van der Waals surface area contributed by atoms with Crippen LogP contribution in [0.15, 0.2) is 18.3 Å². The molecule has 5 heteroatoms. The summed E-state index contributed by atoms with van der Waals surface area (Å²) < 4.78 is 0. The lowest BCUT2D eigenvalue weighted by molar-refractivity contribution is -0.386. The third-order valence-corrected chi connectivity index (χ3v) is 2.96. The minimum atomic E-state index is -0.367. The van der Waals surface area contributed by atoms with Gasteiger partial charge in [-0.25, -0.2) is 0 Å². The van der Waals surface area contributed by atoms with Gasteiger partial charge in [-0.3, -0.25) is 15.1 Å². The van der Waals surface area contributed by atoms with Crippen LogP contribution in [0.2, 0.25) is 0 Å². The molecule has 18 heavy (non-hydrogen) atoms. The zero-order valence-corrected chi connectivity index (χ0v) is 11.4. The van der Waals surface area contributed by atoms with Gasteiger partial charge in [-0.2, -0.15) is 0 Å². The molecule has 0 spiro atoms. The van der Waals surface area contributed by atoms with E-state index in [1.165, 1.54) is 6.07 Å². The standard InChI is InChI=1S/C13H21N3O2/c1-5-14-12(13(2,3)4)9-10-11(16(17)18)7-6-8-15-10/h6-8,12,14H,5,9H2,1-4H3. The van der Waals surface area contributed by atoms with Crippen LogP contribution >= 0.6 is 0 Å². The molecule has 0 radical (unpaired) electrons. The maximum absolute atomic E-state index is 11.0. The molecule has 0 amide bonds. The van der Waals surface area contributed by atoms with Crippen molar-refractivity contribution in [3.63, 3.8) is 0 Å². The predicted octanol–water partition coefficient (Wildman–Crippen LogP) is 2.56. The molecular formula is C13H21N3O2. The van der Waals surface area contributed by atoms with Crippen molar-refractivity contribution in [1.82, 2.24) is 10.3 Å². The van der Waals surface area contributed by atoms with E-state index in [0.717, 1.165) is 6.54 Å². The molecule has 100 valence electrons. The van der Waals surface area contributed by atoms with E-state index in [0.29, 0.717) is 12.1 Å². The molecule has 0 saturated carbocycles. The summed E-state index contributed by atoms with van der Waals surface area (Å²) in [6, 6.07) is 3.27. The molecule has 5 nitrogen and oxygen atoms in total. The first-order valence-electron chi connectivity index (χ1n) is 6.18. The van der Waals surface area contributed by atoms with Gasteiger partial charge in [0.25, 0.3) is 5.69 Å². The zero-order valence-electron chi connectivity index (χ0n) is 11.4. The van der Waals surface area contributed by atoms with Crippen LogP contribution in [0, 0.1) is 15.5 Å². The number of nitrogens with zero attached hydrogens (tertiary/aromatic N) is 2. The molecular weight excluding hydrogens is 230 g/mol. The maximum atomic E-state index is 11.0. The van der Waals surface area contributed by atoms with Crippen LogP contribution in [0.1, 0.15) is 33.4 Å². The van der Waals surface area contributed by atoms with E-state index < -0.39 is 0 Å². The van der Waals surface area contributed by atoms with Gasteiger partial charge in [0.05, 0.1) is 4.92 Å². The molecule has 0 aliphatic rings. The molecule has 1 atom stereocenters. The molecule has 0 aromatic carbocycles. The molecule has 1 unspecified atom stereocenters. The van der Waals surface area contributed by atoms with Crippen LogP contribution in [0.4, 0.5) is 5.69 Å². The number of nitrogens with one attached hydrogen (secondary N) is 1. The second-order valence-corrected chi connectivity index (χ2v) is 5.41. The largest absolute Gasteiger partial charge is 0.313 e. The normalized spacial score (nSPS) is 13.3. The zero-order chi connectivity index (χ0) is 13.8. The monoisotopic (exact) mass is 251 g/mol. The van der Waals surface area contributed by atoms with Gasteiger partial charge < -0.3 is 5.32 Å². The number of aromatic nitrogens is 1. The Morgan fingerprint density at radius 3 is 2.67 bits per heavy atom. The number of hydrogen-bond acceptors (Lipinski definition) is 4. The predicted molar refractivity (Wildman–Crippen MR) is 71.5 cm³/mol. The SMILES string of the molecule is CCNC(Cc1ncccc1[N+](=O)[O-])C(C)(C)C. The molecule has 0 saturated heterocycles. The minimum absolute atomic E-state index is 0.0292. The highest BCUT2D eigenvalue weighted by Gasteiger charge is 2.27. The van der Waals surface area contributed by atoms with Crippen LogP contribution in [0.5, 0.6) is 0 Å². The summed E-state index contributed by atoms with van der Waals surface area (Å²) in [5.74, 6) is 0. The highest BCUT2D eigenvalue weighted by Crippen LogP contribution is 2.25. The van der Waals surface area contributed by atoms with Crippen molar-refractivity contribution >= 4 is 5.69 Å². The number of pyridine rings is 1. The van der Waals surface area contributed by atoms with Crippen LogP contribution in [0.3, 0.4) is 0 Å². The number of likely N-dealkylation sites (N-methyl/N-ethyl adjacent to an activating group) is 1. The van der Waals surface area contributed by atoms with Crippen LogP contribution in [0.25, 0.3) is 0 Å². The van der Waals surface area contributed by atoms with Crippen molar-refractivity contribution in [3.05, 3.63) is 34.1 Å². The second-order valence-electron chi connectivity index (χ2n) is 5.41. The van der Waals surface area contributed by atoms with Gasteiger partial charge in [-0.15, -0.1) is 0 Å². The van der Waals surface area contributed by atoms with E-state index in [2.05, 4.69) is 31.1 Å². The van der Waals surface area contributed by atoms with Crippen molar-refractivity contribution in [2.45, 2.75) is 40.2 Å². The third-order valence-electron chi connectivity index (χ3n) is 2.96. The van der Waals surface area contributed by atoms with Crippen molar-refractivity contribution in [2.75, 3.05) is 6.54 Å². The molecule has 0 aliphatic carbocycles. The first-order valence-corrected chi connectivity index (χ1v) is 6.18. The van der Waals surface area contributed by atoms with Gasteiger partial charge >= 0.3 is 0 Å². The molecule has 1 heterocycles. The summed E-state index contributed by atoms with van der Waals surface area (Å²) in [5, 5.41) is 14.3. The fraction of sp³-hybridized carbons (Fsp3) is 0.615. The summed E-state index contributed by atoms with van der Waals surface area (Å²) >= 11 is 0. The molecule has 0 fully saturated rings. The second kappa shape index (κ2) is 5.91. The molecule has 0 aliphatic heterocycles. The minimum Gasteiger partial charge on any atom is -0.313 e. The van der Waals surface area contributed by atoms with Crippen molar-refractivity contribution in [1.29, 1.82) is 0 Å². The summed E-state index contributed by atoms with van der Waals surface area (Å²) in [7, 11) is 0. The van der Waals surface area contributed by atoms with Gasteiger partial charge in [0, 0.05) is 24.7 Å². The van der Waals surface area contributed by atoms with Gasteiger partial charge in [0.2, 0.25) is 0 Å². The Hall–Kier alpha value is -1.49. The van der Waals surface area contributed by atoms with Crippen molar-refractivity contribution in [2.24, 2.45) is 5.41 Å². The Balaban J connectivity index is 2.97. The average molecular weight is 251 g/mol. The fourth-order valence-corrected chi connectivity index (χ4v) is 1.88. The smallest absolute Gasteiger partial charge is 0.290 e. The van der Waals surface area contributed by atoms with E-state index in [-0.39, 0.29) is 22.1 Å². The Labute approximate surface area is 108 Å². The quantitative estimate of drug-likeness (QED) is 0.645. The molecule has 0 bridgehead atoms. The van der Waals surface area contributed by atoms with E-state index in [9.17, 15) is 10.1 Å². The Morgan fingerprint density at radius 2 is 2.17 bits per heavy atom. The van der Waals surface area contributed by atoms with E-state index in [4.69, 9.17) is 0 Å². The van der Waals surface area contributed by atoms with Crippen molar-refractivity contribution in [3.8, 4) is 0 Å². The fourth-order valence-electron chi connectivity index (χ4n) is 1.88. The summed E-state index contributed by atoms with van der Waals surface area (Å²) in [5.41, 5.74) is 0.675. The average Bonchev–Trinajstić information content (AvgIpc) is 2.27. The van der Waals surface area contributed by atoms with E-state index >= 15 is 0 Å². The lowest BCUT2D eigenvalue weighted by Gasteiger charge is -2.31. The van der Waals surface area contributed by atoms with Crippen LogP contribution < -0.4 is 5.32 Å². The lowest BCUT2D eigenvalue weighted by Crippen LogP contribution is -2.42. The first kappa shape index (κ1) is 14.6. The molecule has 1 aromatic heterocycles. The highest BCUT2D eigenvalue weighted by atomic mass is 16.6. The highest BCUT2D eigenvalue weighted by molar-refractivity contribution is 5.35. The van der Waals surface area contributed by atoms with Gasteiger partial charge in [0.1, 0.15) is 5.69 Å². The third kappa shape index (κ3) is 3.77.